The van der Waals surface area contributed by atoms with Crippen molar-refractivity contribution in [2.75, 3.05) is 32.8 Å². The Bertz CT molecular complexity index is 371. The zero-order valence-corrected chi connectivity index (χ0v) is 13.3. The first-order valence-electron chi connectivity index (χ1n) is 8.23. The van der Waals surface area contributed by atoms with E-state index in [1.165, 1.54) is 6.42 Å². The first-order chi connectivity index (χ1) is 10.1. The predicted molar refractivity (Wildman–Crippen MR) is 80.8 cm³/mol. The lowest BCUT2D eigenvalue weighted by Crippen LogP contribution is -2.49. The molecule has 0 N–H and O–H groups in total. The lowest BCUT2D eigenvalue weighted by molar-refractivity contribution is -0.143. The van der Waals surface area contributed by atoms with Gasteiger partial charge in [-0.25, -0.2) is 0 Å². The summed E-state index contributed by atoms with van der Waals surface area (Å²) in [6.45, 7) is 7.38. The third kappa shape index (κ3) is 4.99. The topological polar surface area (TPSA) is 49.9 Å². The predicted octanol–water partition coefficient (Wildman–Crippen LogP) is 1.66. The molecule has 120 valence electrons. The maximum Gasteiger partial charge on any atom is 0.242 e. The van der Waals surface area contributed by atoms with E-state index in [9.17, 15) is 9.59 Å². The summed E-state index contributed by atoms with van der Waals surface area (Å²) in [5.41, 5.74) is 0. The van der Waals surface area contributed by atoms with Gasteiger partial charge in [0.15, 0.2) is 0 Å². The summed E-state index contributed by atoms with van der Waals surface area (Å²) in [7, 11) is 0. The summed E-state index contributed by atoms with van der Waals surface area (Å²) in [6.07, 6.45) is 5.01. The van der Waals surface area contributed by atoms with E-state index in [1.54, 1.807) is 4.90 Å². The van der Waals surface area contributed by atoms with Gasteiger partial charge >= 0.3 is 0 Å². The van der Waals surface area contributed by atoms with Crippen LogP contribution in [0.15, 0.2) is 0 Å². The van der Waals surface area contributed by atoms with Crippen molar-refractivity contribution in [3.8, 4) is 0 Å². The van der Waals surface area contributed by atoms with Crippen LogP contribution in [-0.4, -0.2) is 60.5 Å². The van der Waals surface area contributed by atoms with Crippen LogP contribution in [-0.2, 0) is 14.3 Å². The summed E-state index contributed by atoms with van der Waals surface area (Å²) in [4.78, 5) is 27.5. The van der Waals surface area contributed by atoms with Gasteiger partial charge in [0, 0.05) is 26.1 Å². The van der Waals surface area contributed by atoms with Crippen LogP contribution >= 0.6 is 0 Å². The van der Waals surface area contributed by atoms with Gasteiger partial charge in [0.2, 0.25) is 11.8 Å². The number of hydrogen-bond donors (Lipinski definition) is 0. The number of nitrogens with zero attached hydrogens (tertiary/aromatic N) is 2. The molecule has 0 radical (unpaired) electrons. The van der Waals surface area contributed by atoms with Crippen LogP contribution in [0.2, 0.25) is 0 Å². The van der Waals surface area contributed by atoms with Crippen molar-refractivity contribution in [2.24, 2.45) is 5.92 Å². The quantitative estimate of drug-likeness (QED) is 0.749. The molecule has 21 heavy (non-hydrogen) atoms. The molecule has 0 saturated carbocycles. The second-order valence-corrected chi connectivity index (χ2v) is 6.58. The van der Waals surface area contributed by atoms with Crippen LogP contribution < -0.4 is 0 Å². The van der Waals surface area contributed by atoms with Crippen molar-refractivity contribution in [1.82, 2.24) is 9.80 Å². The van der Waals surface area contributed by atoms with Gasteiger partial charge < -0.3 is 14.5 Å². The van der Waals surface area contributed by atoms with E-state index in [-0.39, 0.29) is 24.5 Å². The molecular weight excluding hydrogens is 268 g/mol. The largest absolute Gasteiger partial charge is 0.375 e. The minimum absolute atomic E-state index is 0.0717. The van der Waals surface area contributed by atoms with E-state index in [4.69, 9.17) is 4.74 Å². The Morgan fingerprint density at radius 3 is 2.86 bits per heavy atom. The highest BCUT2D eigenvalue weighted by molar-refractivity contribution is 5.85. The molecule has 5 nitrogen and oxygen atoms in total. The van der Waals surface area contributed by atoms with Gasteiger partial charge in [0.05, 0.1) is 19.3 Å². The molecule has 1 atom stereocenters. The Morgan fingerprint density at radius 1 is 1.38 bits per heavy atom. The van der Waals surface area contributed by atoms with Crippen molar-refractivity contribution < 1.29 is 14.3 Å². The average Bonchev–Trinajstić information content (AvgIpc) is 2.84. The lowest BCUT2D eigenvalue weighted by atomic mass is 10.0. The van der Waals surface area contributed by atoms with Crippen molar-refractivity contribution in [3.63, 3.8) is 0 Å². The smallest absolute Gasteiger partial charge is 0.242 e. The average molecular weight is 296 g/mol. The van der Waals surface area contributed by atoms with Gasteiger partial charge in [0.25, 0.3) is 0 Å². The first-order valence-corrected chi connectivity index (χ1v) is 8.23. The molecule has 2 rings (SSSR count). The van der Waals surface area contributed by atoms with Crippen LogP contribution in [0.4, 0.5) is 0 Å². The molecule has 2 heterocycles. The normalized spacial score (nSPS) is 23.2. The summed E-state index contributed by atoms with van der Waals surface area (Å²) in [5, 5.41) is 0. The van der Waals surface area contributed by atoms with Crippen molar-refractivity contribution in [3.05, 3.63) is 0 Å². The summed E-state index contributed by atoms with van der Waals surface area (Å²) >= 11 is 0. The third-order valence-corrected chi connectivity index (χ3v) is 4.30. The Morgan fingerprint density at radius 2 is 2.19 bits per heavy atom. The molecule has 0 aliphatic carbocycles. The molecule has 2 aliphatic heterocycles. The standard InChI is InChI=1S/C16H28N2O3/c1-13(2)5-3-6-14-11-18(9-10-21-14)16(20)12-17-8-4-7-15(17)19/h13-14H,3-12H2,1-2H3/t14-/m0/s1. The highest BCUT2D eigenvalue weighted by atomic mass is 16.5. The molecule has 2 saturated heterocycles. The van der Waals surface area contributed by atoms with Crippen molar-refractivity contribution in [2.45, 2.75) is 52.1 Å². The van der Waals surface area contributed by atoms with E-state index < -0.39 is 0 Å². The molecular formula is C16H28N2O3. The summed E-state index contributed by atoms with van der Waals surface area (Å²) in [6, 6.07) is 0. The maximum atomic E-state index is 12.3. The molecule has 0 aromatic rings. The number of carbonyl (C=O) groups is 2. The summed E-state index contributed by atoms with van der Waals surface area (Å²) in [5.74, 6) is 0.903. The number of likely N-dealkylation sites (tertiary alicyclic amines) is 1. The Hall–Kier alpha value is -1.10. The van der Waals surface area contributed by atoms with Gasteiger partial charge in [-0.1, -0.05) is 26.7 Å². The number of amides is 2. The van der Waals surface area contributed by atoms with Crippen LogP contribution in [0.3, 0.4) is 0 Å². The molecule has 0 bridgehead atoms. The van der Waals surface area contributed by atoms with Crippen LogP contribution in [0.1, 0.15) is 46.0 Å². The molecule has 0 spiro atoms. The Labute approximate surface area is 127 Å². The fraction of sp³-hybridized carbons (Fsp3) is 0.875. The van der Waals surface area contributed by atoms with Gasteiger partial charge in [0.1, 0.15) is 0 Å². The number of ether oxygens (including phenoxy) is 1. The van der Waals surface area contributed by atoms with Crippen molar-refractivity contribution in [1.29, 1.82) is 0 Å². The van der Waals surface area contributed by atoms with E-state index in [0.29, 0.717) is 32.0 Å². The highest BCUT2D eigenvalue weighted by Gasteiger charge is 2.28. The van der Waals surface area contributed by atoms with E-state index >= 15 is 0 Å². The van der Waals surface area contributed by atoms with Crippen LogP contribution in [0, 0.1) is 5.92 Å². The number of hydrogen-bond acceptors (Lipinski definition) is 3. The molecule has 0 aromatic heterocycles. The zero-order valence-electron chi connectivity index (χ0n) is 13.3. The van der Waals surface area contributed by atoms with Crippen LogP contribution in [0.25, 0.3) is 0 Å². The summed E-state index contributed by atoms with van der Waals surface area (Å²) < 4.78 is 5.76. The SMILES string of the molecule is CC(C)CCC[C@H]1CN(C(=O)CN2CCCC2=O)CCO1. The van der Waals surface area contributed by atoms with Crippen LogP contribution in [0.5, 0.6) is 0 Å². The van der Waals surface area contributed by atoms with Gasteiger partial charge in [-0.2, -0.15) is 0 Å². The lowest BCUT2D eigenvalue weighted by Gasteiger charge is -2.34. The molecule has 2 fully saturated rings. The van der Waals surface area contributed by atoms with Gasteiger partial charge in [-0.3, -0.25) is 9.59 Å². The second-order valence-electron chi connectivity index (χ2n) is 6.58. The zero-order chi connectivity index (χ0) is 15.2. The molecule has 2 aliphatic rings. The van der Waals surface area contributed by atoms with Gasteiger partial charge in [-0.15, -0.1) is 0 Å². The number of carbonyl (C=O) groups excluding carboxylic acids is 2. The minimum atomic E-state index is 0.0717. The monoisotopic (exact) mass is 296 g/mol. The highest BCUT2D eigenvalue weighted by Crippen LogP contribution is 2.16. The fourth-order valence-corrected chi connectivity index (χ4v) is 3.01. The fourth-order valence-electron chi connectivity index (χ4n) is 3.01. The Kier molecular flexibility index (Phi) is 6.03. The molecule has 2 amide bonds. The van der Waals surface area contributed by atoms with E-state index in [2.05, 4.69) is 13.8 Å². The van der Waals surface area contributed by atoms with E-state index in [0.717, 1.165) is 25.8 Å². The van der Waals surface area contributed by atoms with E-state index in [1.807, 2.05) is 4.90 Å². The molecule has 0 aromatic carbocycles. The molecule has 0 unspecified atom stereocenters. The number of rotatable bonds is 6. The first kappa shape index (κ1) is 16.3. The minimum Gasteiger partial charge on any atom is -0.375 e. The number of morpholine rings is 1. The molecule has 5 heteroatoms. The maximum absolute atomic E-state index is 12.3. The van der Waals surface area contributed by atoms with Crippen molar-refractivity contribution >= 4 is 11.8 Å². The van der Waals surface area contributed by atoms with Gasteiger partial charge in [-0.05, 0) is 18.8 Å². The third-order valence-electron chi connectivity index (χ3n) is 4.30. The second kappa shape index (κ2) is 7.78. The Balaban J connectivity index is 1.74.